The second-order valence-corrected chi connectivity index (χ2v) is 6.74. The van der Waals surface area contributed by atoms with E-state index < -0.39 is 0 Å². The summed E-state index contributed by atoms with van der Waals surface area (Å²) in [6, 6.07) is 10.3. The number of nitrogens with one attached hydrogen (secondary N) is 2. The van der Waals surface area contributed by atoms with Crippen LogP contribution in [0.2, 0.25) is 0 Å². The van der Waals surface area contributed by atoms with Crippen LogP contribution in [0.3, 0.4) is 0 Å². The lowest BCUT2D eigenvalue weighted by Crippen LogP contribution is -2.38. The minimum Gasteiger partial charge on any atom is -0.381 e. The highest BCUT2D eigenvalue weighted by atomic mass is 16.5. The molecule has 152 valence electrons. The van der Waals surface area contributed by atoms with Gasteiger partial charge in [-0.3, -0.25) is 4.99 Å². The van der Waals surface area contributed by atoms with Gasteiger partial charge in [0, 0.05) is 46.6 Å². The van der Waals surface area contributed by atoms with Gasteiger partial charge in [-0.05, 0) is 38.2 Å². The number of hydrogen-bond acceptors (Lipinski definition) is 4. The zero-order valence-electron chi connectivity index (χ0n) is 16.8. The van der Waals surface area contributed by atoms with Crippen molar-refractivity contribution in [3.8, 4) is 0 Å². The van der Waals surface area contributed by atoms with Crippen molar-refractivity contribution in [3.05, 3.63) is 35.9 Å². The van der Waals surface area contributed by atoms with Crippen LogP contribution in [0.4, 0.5) is 0 Å². The van der Waals surface area contributed by atoms with E-state index >= 15 is 0 Å². The van der Waals surface area contributed by atoms with Crippen molar-refractivity contribution in [1.82, 2.24) is 10.6 Å². The number of benzene rings is 1. The number of nitrogens with zero attached hydrogens (tertiary/aromatic N) is 1. The van der Waals surface area contributed by atoms with E-state index in [1.807, 2.05) is 18.2 Å². The largest absolute Gasteiger partial charge is 0.381 e. The first-order chi connectivity index (χ1) is 13.3. The molecule has 1 heterocycles. The number of hydrogen-bond donors (Lipinski definition) is 2. The van der Waals surface area contributed by atoms with Gasteiger partial charge in [-0.25, -0.2) is 0 Å². The Labute approximate surface area is 163 Å². The van der Waals surface area contributed by atoms with Crippen LogP contribution in [0, 0.1) is 0 Å². The van der Waals surface area contributed by atoms with Crippen molar-refractivity contribution in [1.29, 1.82) is 0 Å². The van der Waals surface area contributed by atoms with Crippen molar-refractivity contribution in [2.75, 3.05) is 46.6 Å². The molecular weight excluding hydrogens is 342 g/mol. The van der Waals surface area contributed by atoms with Gasteiger partial charge in [0.2, 0.25) is 0 Å². The lowest BCUT2D eigenvalue weighted by molar-refractivity contribution is -0.0320. The molecule has 1 atom stereocenters. The Hall–Kier alpha value is -1.63. The smallest absolute Gasteiger partial charge is 0.190 e. The highest BCUT2D eigenvalue weighted by Gasteiger charge is 2.13. The molecule has 0 amide bonds. The van der Waals surface area contributed by atoms with Gasteiger partial charge in [0.25, 0.3) is 0 Å². The number of ether oxygens (including phenoxy) is 3. The van der Waals surface area contributed by atoms with E-state index in [0.29, 0.717) is 6.10 Å². The van der Waals surface area contributed by atoms with Crippen LogP contribution in [0.15, 0.2) is 35.3 Å². The molecule has 0 aromatic heterocycles. The minimum absolute atomic E-state index is 0.124. The summed E-state index contributed by atoms with van der Waals surface area (Å²) in [5.74, 6) is 0.831. The third-order valence-corrected chi connectivity index (χ3v) is 4.61. The van der Waals surface area contributed by atoms with Crippen molar-refractivity contribution < 1.29 is 14.2 Å². The molecule has 0 bridgehead atoms. The Bertz CT molecular complexity index is 519. The van der Waals surface area contributed by atoms with E-state index in [0.717, 1.165) is 71.2 Å². The Balaban J connectivity index is 1.46. The van der Waals surface area contributed by atoms with E-state index in [-0.39, 0.29) is 6.10 Å². The molecule has 1 fully saturated rings. The molecule has 6 nitrogen and oxygen atoms in total. The van der Waals surface area contributed by atoms with Crippen molar-refractivity contribution in [3.63, 3.8) is 0 Å². The topological polar surface area (TPSA) is 64.1 Å². The Morgan fingerprint density at radius 2 is 1.78 bits per heavy atom. The average molecular weight is 378 g/mol. The molecule has 27 heavy (non-hydrogen) atoms. The predicted molar refractivity (Wildman–Crippen MR) is 109 cm³/mol. The van der Waals surface area contributed by atoms with Crippen molar-refractivity contribution in [2.45, 2.75) is 44.8 Å². The van der Waals surface area contributed by atoms with Crippen LogP contribution in [-0.4, -0.2) is 58.6 Å². The molecular formula is C21H35N3O3. The van der Waals surface area contributed by atoms with Gasteiger partial charge in [0.15, 0.2) is 5.96 Å². The summed E-state index contributed by atoms with van der Waals surface area (Å²) in [6.07, 6.45) is 4.43. The van der Waals surface area contributed by atoms with E-state index in [1.54, 1.807) is 7.05 Å². The Kier molecular flexibility index (Phi) is 10.9. The SMILES string of the molecule is CN=C(NCCCOC1CCOCC1)NCCCOC(C)c1ccccc1. The number of aliphatic imine (C=N–C) groups is 1. The standard InChI is InChI=1S/C21H35N3O3/c1-18(19-8-4-3-5-9-19)26-14-6-12-23-21(22-2)24-13-7-15-27-20-10-16-25-17-11-20/h3-5,8-9,18,20H,6-7,10-17H2,1-2H3,(H2,22,23,24). The highest BCUT2D eigenvalue weighted by Crippen LogP contribution is 2.15. The van der Waals surface area contributed by atoms with Gasteiger partial charge in [0.05, 0.1) is 12.2 Å². The summed E-state index contributed by atoms with van der Waals surface area (Å²) in [5.41, 5.74) is 1.21. The molecule has 1 aromatic carbocycles. The van der Waals surface area contributed by atoms with Crippen LogP contribution in [0.5, 0.6) is 0 Å². The molecule has 0 radical (unpaired) electrons. The molecule has 1 aliphatic heterocycles. The zero-order chi connectivity index (χ0) is 19.2. The third kappa shape index (κ3) is 9.22. The number of rotatable bonds is 11. The first-order valence-corrected chi connectivity index (χ1v) is 10.1. The molecule has 1 unspecified atom stereocenters. The molecule has 0 spiro atoms. The van der Waals surface area contributed by atoms with E-state index in [1.165, 1.54) is 5.56 Å². The molecule has 0 saturated carbocycles. The molecule has 1 saturated heterocycles. The van der Waals surface area contributed by atoms with Crippen molar-refractivity contribution in [2.24, 2.45) is 4.99 Å². The van der Waals surface area contributed by atoms with Crippen LogP contribution < -0.4 is 10.6 Å². The van der Waals surface area contributed by atoms with E-state index in [4.69, 9.17) is 14.2 Å². The lowest BCUT2D eigenvalue weighted by Gasteiger charge is -2.22. The summed E-state index contributed by atoms with van der Waals surface area (Å²) >= 11 is 0. The second kappa shape index (κ2) is 13.5. The van der Waals surface area contributed by atoms with Gasteiger partial charge in [0.1, 0.15) is 0 Å². The molecule has 0 aliphatic carbocycles. The van der Waals surface area contributed by atoms with Gasteiger partial charge >= 0.3 is 0 Å². The highest BCUT2D eigenvalue weighted by molar-refractivity contribution is 5.79. The quantitative estimate of drug-likeness (QED) is 0.353. The maximum Gasteiger partial charge on any atom is 0.190 e. The van der Waals surface area contributed by atoms with Crippen molar-refractivity contribution >= 4 is 5.96 Å². The first-order valence-electron chi connectivity index (χ1n) is 10.1. The fraction of sp³-hybridized carbons (Fsp3) is 0.667. The van der Waals surface area contributed by atoms with Crippen LogP contribution in [0.1, 0.15) is 44.3 Å². The Morgan fingerprint density at radius 1 is 1.11 bits per heavy atom. The average Bonchev–Trinajstić information content (AvgIpc) is 2.73. The summed E-state index contributed by atoms with van der Waals surface area (Å²) in [7, 11) is 1.79. The Morgan fingerprint density at radius 3 is 2.44 bits per heavy atom. The van der Waals surface area contributed by atoms with E-state index in [9.17, 15) is 0 Å². The van der Waals surface area contributed by atoms with Gasteiger partial charge in [-0.15, -0.1) is 0 Å². The fourth-order valence-electron chi connectivity index (χ4n) is 2.95. The molecule has 6 heteroatoms. The molecule has 1 aromatic rings. The molecule has 1 aliphatic rings. The van der Waals surface area contributed by atoms with Gasteiger partial charge < -0.3 is 24.8 Å². The minimum atomic E-state index is 0.124. The summed E-state index contributed by atoms with van der Waals surface area (Å²) in [6.45, 7) is 6.93. The molecule has 2 N–H and O–H groups in total. The van der Waals surface area contributed by atoms with Crippen LogP contribution >= 0.6 is 0 Å². The second-order valence-electron chi connectivity index (χ2n) is 6.74. The fourth-order valence-corrected chi connectivity index (χ4v) is 2.95. The maximum atomic E-state index is 5.89. The zero-order valence-corrected chi connectivity index (χ0v) is 16.8. The van der Waals surface area contributed by atoms with Gasteiger partial charge in [-0.2, -0.15) is 0 Å². The third-order valence-electron chi connectivity index (χ3n) is 4.61. The first kappa shape index (κ1) is 21.7. The van der Waals surface area contributed by atoms with E-state index in [2.05, 4.69) is 34.7 Å². The summed E-state index contributed by atoms with van der Waals surface area (Å²) in [4.78, 5) is 4.25. The summed E-state index contributed by atoms with van der Waals surface area (Å²) < 4.78 is 17.1. The maximum absolute atomic E-state index is 5.89. The normalized spacial score (nSPS) is 16.9. The number of guanidine groups is 1. The van der Waals surface area contributed by atoms with Gasteiger partial charge in [-0.1, -0.05) is 30.3 Å². The predicted octanol–water partition coefficient (Wildman–Crippen LogP) is 2.91. The molecule has 2 rings (SSSR count). The monoisotopic (exact) mass is 377 g/mol. The van der Waals surface area contributed by atoms with Crippen LogP contribution in [0.25, 0.3) is 0 Å². The summed E-state index contributed by atoms with van der Waals surface area (Å²) in [5, 5.41) is 6.65. The lowest BCUT2D eigenvalue weighted by atomic mass is 10.1. The van der Waals surface area contributed by atoms with Crippen LogP contribution in [-0.2, 0) is 14.2 Å².